The van der Waals surface area contributed by atoms with E-state index in [9.17, 15) is 5.41 Å². The van der Waals surface area contributed by atoms with E-state index < -0.39 is 0 Å². The van der Waals surface area contributed by atoms with Crippen LogP contribution in [0, 0.1) is 5.41 Å². The molecule has 0 unspecified atom stereocenters. The monoisotopic (exact) mass is 473 g/mol. The molecule has 0 fully saturated rings. The summed E-state index contributed by atoms with van der Waals surface area (Å²) in [5.74, 6) is 0. The molecule has 7 rings (SSSR count). The highest BCUT2D eigenvalue weighted by atomic mass is 14.9. The van der Waals surface area contributed by atoms with Gasteiger partial charge in [-0.15, -0.1) is 0 Å². The summed E-state index contributed by atoms with van der Waals surface area (Å²) in [7, 11) is 0. The van der Waals surface area contributed by atoms with Crippen LogP contribution in [-0.2, 0) is 0 Å². The molecule has 0 spiro atoms. The standard InChI is InChI=1S/C34H23N3/c35-33(28-20-25-15-8-13-22-14-9-17-27(28)31(22)25)32(23-10-2-1-3-11-23)34-26-16-5-4-12-24(26)21-30(37-34)29-18-6-7-19-36-29/h1-21,35,37H/b34-32-,35-33?. The van der Waals surface area contributed by atoms with Crippen LogP contribution in [0.2, 0.25) is 0 Å². The Bertz CT molecular complexity index is 1790. The summed E-state index contributed by atoms with van der Waals surface area (Å²) in [6.07, 6.45) is 6.11. The molecule has 2 aliphatic rings. The highest BCUT2D eigenvalue weighted by molar-refractivity contribution is 6.51. The first-order valence-corrected chi connectivity index (χ1v) is 12.4. The predicted octanol–water partition coefficient (Wildman–Crippen LogP) is 7.78. The number of hydrogen-bond acceptors (Lipinski definition) is 3. The van der Waals surface area contributed by atoms with Gasteiger partial charge in [-0.3, -0.25) is 10.4 Å². The van der Waals surface area contributed by atoms with E-state index >= 15 is 0 Å². The van der Waals surface area contributed by atoms with Crippen molar-refractivity contribution in [1.82, 2.24) is 10.3 Å². The molecule has 2 N–H and O–H groups in total. The van der Waals surface area contributed by atoms with Gasteiger partial charge in [0, 0.05) is 22.9 Å². The summed E-state index contributed by atoms with van der Waals surface area (Å²) in [5, 5.41) is 15.8. The fourth-order valence-electron chi connectivity index (χ4n) is 5.41. The lowest BCUT2D eigenvalue weighted by Gasteiger charge is -2.26. The van der Waals surface area contributed by atoms with Crippen molar-refractivity contribution in [3.8, 4) is 0 Å². The maximum Gasteiger partial charge on any atom is 0.0864 e. The highest BCUT2D eigenvalue weighted by Gasteiger charge is 2.27. The number of allylic oxidation sites excluding steroid dienone is 2. The summed E-state index contributed by atoms with van der Waals surface area (Å²) < 4.78 is 0. The molecule has 1 aromatic heterocycles. The zero-order chi connectivity index (χ0) is 24.8. The van der Waals surface area contributed by atoms with Crippen molar-refractivity contribution in [2.45, 2.75) is 0 Å². The van der Waals surface area contributed by atoms with Gasteiger partial charge in [0.25, 0.3) is 0 Å². The minimum Gasteiger partial charge on any atom is -0.353 e. The number of nitrogens with zero attached hydrogens (tertiary/aromatic N) is 1. The minimum absolute atomic E-state index is 0.495. The molecule has 3 nitrogen and oxygen atoms in total. The van der Waals surface area contributed by atoms with Crippen LogP contribution < -0.4 is 5.32 Å². The summed E-state index contributed by atoms with van der Waals surface area (Å²) in [4.78, 5) is 4.60. The van der Waals surface area contributed by atoms with Crippen LogP contribution in [0.1, 0.15) is 33.5 Å². The second kappa shape index (κ2) is 8.58. The summed E-state index contributed by atoms with van der Waals surface area (Å²) in [5.41, 5.74) is 10.4. The third kappa shape index (κ3) is 3.52. The first-order chi connectivity index (χ1) is 18.3. The Morgan fingerprint density at radius 3 is 2.22 bits per heavy atom. The van der Waals surface area contributed by atoms with Crippen LogP contribution in [0.5, 0.6) is 0 Å². The predicted molar refractivity (Wildman–Crippen MR) is 154 cm³/mol. The van der Waals surface area contributed by atoms with E-state index in [-0.39, 0.29) is 0 Å². The minimum atomic E-state index is 0.495. The second-order valence-corrected chi connectivity index (χ2v) is 9.29. The summed E-state index contributed by atoms with van der Waals surface area (Å²) in [6.45, 7) is 0. The molecule has 3 heteroatoms. The van der Waals surface area contributed by atoms with Crippen LogP contribution in [0.3, 0.4) is 0 Å². The van der Waals surface area contributed by atoms with Crippen molar-refractivity contribution < 1.29 is 0 Å². The second-order valence-electron chi connectivity index (χ2n) is 9.29. The van der Waals surface area contributed by atoms with Gasteiger partial charge in [0.05, 0.1) is 22.8 Å². The van der Waals surface area contributed by atoms with Gasteiger partial charge < -0.3 is 5.32 Å². The van der Waals surface area contributed by atoms with E-state index in [1.54, 1.807) is 0 Å². The Kier molecular flexibility index (Phi) is 4.93. The van der Waals surface area contributed by atoms with Crippen LogP contribution >= 0.6 is 0 Å². The van der Waals surface area contributed by atoms with Gasteiger partial charge in [0.15, 0.2) is 0 Å². The summed E-state index contributed by atoms with van der Waals surface area (Å²) >= 11 is 0. The fraction of sp³-hybridized carbons (Fsp3) is 0. The molecule has 0 atom stereocenters. The SMILES string of the molecule is N=C(C1=Cc2cccc3cccc1c23)/C(=C1\NC(c2ccccn2)=Cc2ccccc21)c1ccccc1. The molecular weight excluding hydrogens is 450 g/mol. The van der Waals surface area contributed by atoms with Crippen LogP contribution in [0.4, 0.5) is 0 Å². The van der Waals surface area contributed by atoms with E-state index in [4.69, 9.17) is 0 Å². The number of aromatic nitrogens is 1. The van der Waals surface area contributed by atoms with Crippen molar-refractivity contribution in [3.63, 3.8) is 0 Å². The molecule has 0 bridgehead atoms. The molecule has 37 heavy (non-hydrogen) atoms. The number of benzene rings is 4. The van der Waals surface area contributed by atoms with Crippen molar-refractivity contribution in [3.05, 3.63) is 149 Å². The molecule has 5 aromatic rings. The van der Waals surface area contributed by atoms with Gasteiger partial charge in [-0.1, -0.05) is 97.1 Å². The van der Waals surface area contributed by atoms with Crippen LogP contribution in [-0.4, -0.2) is 10.7 Å². The van der Waals surface area contributed by atoms with Crippen LogP contribution in [0.15, 0.2) is 115 Å². The Balaban J connectivity index is 1.47. The van der Waals surface area contributed by atoms with Crippen LogP contribution in [0.25, 0.3) is 45.5 Å². The first kappa shape index (κ1) is 21.3. The smallest absolute Gasteiger partial charge is 0.0864 e. The Morgan fingerprint density at radius 1 is 0.649 bits per heavy atom. The molecule has 1 aliphatic heterocycles. The van der Waals surface area contributed by atoms with E-state index in [1.165, 1.54) is 10.8 Å². The van der Waals surface area contributed by atoms with E-state index in [0.29, 0.717) is 5.71 Å². The van der Waals surface area contributed by atoms with Gasteiger partial charge in [0.2, 0.25) is 0 Å². The number of nitrogens with one attached hydrogen (secondary N) is 2. The number of rotatable bonds is 4. The maximum absolute atomic E-state index is 9.67. The first-order valence-electron chi connectivity index (χ1n) is 12.4. The number of pyridine rings is 1. The van der Waals surface area contributed by atoms with E-state index in [0.717, 1.165) is 56.1 Å². The van der Waals surface area contributed by atoms with Crippen molar-refractivity contribution in [1.29, 1.82) is 5.41 Å². The lowest BCUT2D eigenvalue weighted by Crippen LogP contribution is -2.20. The van der Waals surface area contributed by atoms with E-state index in [2.05, 4.69) is 95.2 Å². The van der Waals surface area contributed by atoms with E-state index in [1.807, 2.05) is 42.6 Å². The summed E-state index contributed by atoms with van der Waals surface area (Å²) in [6, 6.07) is 37.3. The zero-order valence-corrected chi connectivity index (χ0v) is 20.1. The maximum atomic E-state index is 9.67. The van der Waals surface area contributed by atoms with Gasteiger partial charge in [-0.25, -0.2) is 0 Å². The van der Waals surface area contributed by atoms with Gasteiger partial charge in [-0.2, -0.15) is 0 Å². The van der Waals surface area contributed by atoms with Crippen molar-refractivity contribution in [2.24, 2.45) is 0 Å². The highest BCUT2D eigenvalue weighted by Crippen LogP contribution is 2.42. The molecule has 174 valence electrons. The quantitative estimate of drug-likeness (QED) is 0.262. The van der Waals surface area contributed by atoms with Gasteiger partial charge >= 0.3 is 0 Å². The van der Waals surface area contributed by atoms with Gasteiger partial charge in [0.1, 0.15) is 0 Å². The molecule has 1 aliphatic carbocycles. The Labute approximate surface area is 215 Å². The third-order valence-electron chi connectivity index (χ3n) is 7.09. The van der Waals surface area contributed by atoms with Crippen molar-refractivity contribution >= 4 is 51.2 Å². The molecule has 2 heterocycles. The lowest BCUT2D eigenvalue weighted by atomic mass is 9.87. The van der Waals surface area contributed by atoms with Gasteiger partial charge in [-0.05, 0) is 57.3 Å². The normalized spacial score (nSPS) is 14.9. The number of fused-ring (bicyclic) bond motifs is 1. The third-order valence-corrected chi connectivity index (χ3v) is 7.09. The Hall–Kier alpha value is -5.02. The molecule has 0 radical (unpaired) electrons. The lowest BCUT2D eigenvalue weighted by molar-refractivity contribution is 1.16. The molecule has 0 amide bonds. The number of hydrogen-bond donors (Lipinski definition) is 2. The molecule has 4 aromatic carbocycles. The fourth-order valence-corrected chi connectivity index (χ4v) is 5.41. The largest absolute Gasteiger partial charge is 0.353 e. The Morgan fingerprint density at radius 2 is 1.38 bits per heavy atom. The molecule has 0 saturated heterocycles. The zero-order valence-electron chi connectivity index (χ0n) is 20.1. The topological polar surface area (TPSA) is 48.8 Å². The molecule has 0 saturated carbocycles. The average Bonchev–Trinajstić information content (AvgIpc) is 3.35. The average molecular weight is 474 g/mol. The molecular formula is C34H23N3. The van der Waals surface area contributed by atoms with Crippen molar-refractivity contribution in [2.75, 3.05) is 0 Å².